The van der Waals surface area contributed by atoms with Crippen LogP contribution in [-0.4, -0.2) is 24.5 Å². The molecule has 0 atom stereocenters. The maximum atomic E-state index is 9.10. The Bertz CT molecular complexity index is 128. The highest BCUT2D eigenvalue weighted by molar-refractivity contribution is 8.06. The molecule has 0 heterocycles. The van der Waals surface area contributed by atoms with Gasteiger partial charge in [0.15, 0.2) is 0 Å². The van der Waals surface area contributed by atoms with Crippen LogP contribution in [-0.2, 0) is 16.4 Å². The summed E-state index contributed by atoms with van der Waals surface area (Å²) in [5.41, 5.74) is 4.02. The van der Waals surface area contributed by atoms with Crippen LogP contribution in [0.5, 0.6) is 0 Å². The van der Waals surface area contributed by atoms with Gasteiger partial charge in [0.25, 0.3) is 0 Å². The van der Waals surface area contributed by atoms with E-state index in [2.05, 4.69) is 17.3 Å². The van der Waals surface area contributed by atoms with E-state index in [9.17, 15) is 0 Å². The topological polar surface area (TPSA) is 144 Å². The SMILES string of the molecule is NP(=O)(O)O.OP(O)(O)=S. The van der Waals surface area contributed by atoms with E-state index in [1.165, 1.54) is 0 Å². The fourth-order valence-electron chi connectivity index (χ4n) is 0. The van der Waals surface area contributed by atoms with E-state index in [1.54, 1.807) is 0 Å². The zero-order valence-electron chi connectivity index (χ0n) is 4.52. The average Bonchev–Trinajstić information content (AvgIpc) is 1.12. The molecule has 0 aliphatic heterocycles. The fraction of sp³-hybridized carbons (Fsp3) is 0. The van der Waals surface area contributed by atoms with Gasteiger partial charge in [0, 0.05) is 0 Å². The lowest BCUT2D eigenvalue weighted by molar-refractivity contribution is 0.363. The van der Waals surface area contributed by atoms with Crippen LogP contribution in [0.4, 0.5) is 0 Å². The van der Waals surface area contributed by atoms with Gasteiger partial charge in [-0.3, -0.25) is 0 Å². The standard InChI is InChI=1S/H4NO3P.H3O3PS/c1-5(2,3)4;1-4(2,3)5/h(H4,1,2,3,4);(H3,1,2,3,5). The first-order valence-electron chi connectivity index (χ1n) is 1.62. The third-order valence-electron chi connectivity index (χ3n) is 0. The summed E-state index contributed by atoms with van der Waals surface area (Å²) in [6.07, 6.45) is 0. The van der Waals surface area contributed by atoms with E-state index in [0.29, 0.717) is 0 Å². The highest BCUT2D eigenvalue weighted by Gasteiger charge is 1.96. The largest absolute Gasteiger partial charge is 0.397 e. The van der Waals surface area contributed by atoms with Crippen molar-refractivity contribution in [1.29, 1.82) is 0 Å². The second-order valence-electron chi connectivity index (χ2n) is 1.10. The van der Waals surface area contributed by atoms with Gasteiger partial charge in [-0.25, -0.2) is 10.1 Å². The van der Waals surface area contributed by atoms with Gasteiger partial charge in [-0.15, -0.1) is 0 Å². The quantitative estimate of drug-likeness (QED) is 0.258. The van der Waals surface area contributed by atoms with Gasteiger partial charge in [0.1, 0.15) is 0 Å². The predicted octanol–water partition coefficient (Wildman–Crippen LogP) is -1.77. The Hall–Kier alpha value is 0.640. The van der Waals surface area contributed by atoms with Crippen molar-refractivity contribution in [3.63, 3.8) is 0 Å². The van der Waals surface area contributed by atoms with E-state index >= 15 is 0 Å². The first-order chi connectivity index (χ1) is 4.00. The van der Waals surface area contributed by atoms with Crippen LogP contribution in [0.1, 0.15) is 0 Å². The minimum Gasteiger partial charge on any atom is -0.325 e. The molecule has 0 radical (unpaired) electrons. The summed E-state index contributed by atoms with van der Waals surface area (Å²) in [6.45, 7) is -3.81. The summed E-state index contributed by atoms with van der Waals surface area (Å²) in [4.78, 5) is 37.5. The molecule has 0 bridgehead atoms. The molecule has 0 aromatic rings. The smallest absolute Gasteiger partial charge is 0.325 e. The van der Waals surface area contributed by atoms with Crippen LogP contribution in [0.15, 0.2) is 0 Å². The normalized spacial score (nSPS) is 11.8. The van der Waals surface area contributed by atoms with E-state index < -0.39 is 14.5 Å². The molecule has 7 nitrogen and oxygen atoms in total. The summed E-state index contributed by atoms with van der Waals surface area (Å²) in [5, 5.41) is 0. The van der Waals surface area contributed by atoms with Crippen LogP contribution in [0.2, 0.25) is 0 Å². The fourth-order valence-corrected chi connectivity index (χ4v) is 0. The minimum atomic E-state index is -4.14. The minimum absolute atomic E-state index is 3.60. The molecule has 0 amide bonds. The molecule has 0 saturated carbocycles. The van der Waals surface area contributed by atoms with Gasteiger partial charge in [0.2, 0.25) is 0 Å². The van der Waals surface area contributed by atoms with E-state index in [-0.39, 0.29) is 0 Å². The molecule has 10 heteroatoms. The van der Waals surface area contributed by atoms with Crippen LogP contribution >= 0.6 is 14.5 Å². The molecule has 0 saturated heterocycles. The third kappa shape index (κ3) is 1230. The van der Waals surface area contributed by atoms with Gasteiger partial charge in [-0.1, -0.05) is 0 Å². The van der Waals surface area contributed by atoms with E-state index in [0.717, 1.165) is 0 Å². The molecule has 0 aliphatic carbocycles. The highest BCUT2D eigenvalue weighted by Crippen LogP contribution is 2.26. The monoisotopic (exact) mass is 211 g/mol. The van der Waals surface area contributed by atoms with E-state index in [4.69, 9.17) is 29.0 Å². The van der Waals surface area contributed by atoms with Crippen molar-refractivity contribution in [2.24, 2.45) is 5.50 Å². The maximum Gasteiger partial charge on any atom is 0.397 e. The van der Waals surface area contributed by atoms with Crippen LogP contribution in [0.25, 0.3) is 0 Å². The zero-order chi connectivity index (χ0) is 9.00. The van der Waals surface area contributed by atoms with Gasteiger partial charge in [-0.05, 0) is 11.8 Å². The van der Waals surface area contributed by atoms with Gasteiger partial charge >= 0.3 is 14.5 Å². The molecule has 0 spiro atoms. The maximum absolute atomic E-state index is 9.10. The Morgan fingerprint density at radius 2 is 1.10 bits per heavy atom. The molecule has 0 fully saturated rings. The number of nitrogens with two attached hydrogens (primary N) is 1. The lowest BCUT2D eigenvalue weighted by atomic mass is 13.9. The third-order valence-corrected chi connectivity index (χ3v) is 0. The van der Waals surface area contributed by atoms with Crippen molar-refractivity contribution in [2.45, 2.75) is 0 Å². The first-order valence-corrected chi connectivity index (χ1v) is 5.97. The molecule has 7 N–H and O–H groups in total. The number of hydrogen-bond acceptors (Lipinski definition) is 2. The Balaban J connectivity index is 0. The van der Waals surface area contributed by atoms with Crippen molar-refractivity contribution in [3.05, 3.63) is 0 Å². The molecule has 0 rings (SSSR count). The predicted molar refractivity (Wildman–Crippen MR) is 37.2 cm³/mol. The van der Waals surface area contributed by atoms with Crippen molar-refractivity contribution >= 4 is 26.3 Å². The molecular formula is H7NO6P2S. The molecule has 64 valence electrons. The molecule has 0 unspecified atom stereocenters. The van der Waals surface area contributed by atoms with Crippen LogP contribution < -0.4 is 5.50 Å². The Morgan fingerprint density at radius 1 is 1.10 bits per heavy atom. The Kier molecular flexibility index (Phi) is 5.97. The van der Waals surface area contributed by atoms with Crippen molar-refractivity contribution in [1.82, 2.24) is 0 Å². The van der Waals surface area contributed by atoms with Crippen molar-refractivity contribution in [2.75, 3.05) is 0 Å². The molecule has 0 aromatic carbocycles. The Labute approximate surface area is 61.6 Å². The second-order valence-corrected chi connectivity index (χ2v) is 4.78. The molecule has 0 aromatic heterocycles. The molecule has 10 heavy (non-hydrogen) atoms. The second kappa shape index (κ2) is 4.50. The first kappa shape index (κ1) is 13.2. The van der Waals surface area contributed by atoms with Crippen LogP contribution in [0, 0.1) is 0 Å². The molecular weight excluding hydrogens is 204 g/mol. The van der Waals surface area contributed by atoms with Crippen LogP contribution in [0.3, 0.4) is 0 Å². The number of hydrogen-bond donors (Lipinski definition) is 6. The summed E-state index contributed by atoms with van der Waals surface area (Å²) >= 11 is 3.60. The summed E-state index contributed by atoms with van der Waals surface area (Å²) in [5.74, 6) is 0. The van der Waals surface area contributed by atoms with Gasteiger partial charge < -0.3 is 24.5 Å². The highest BCUT2D eigenvalue weighted by atomic mass is 32.5. The van der Waals surface area contributed by atoms with Gasteiger partial charge in [-0.2, -0.15) is 0 Å². The average molecular weight is 211 g/mol. The Morgan fingerprint density at radius 3 is 1.10 bits per heavy atom. The van der Waals surface area contributed by atoms with Crippen molar-refractivity contribution < 1.29 is 29.0 Å². The molecule has 0 aliphatic rings. The zero-order valence-corrected chi connectivity index (χ0v) is 7.13. The summed E-state index contributed by atoms with van der Waals surface area (Å²) in [6, 6.07) is 0. The van der Waals surface area contributed by atoms with Gasteiger partial charge in [0.05, 0.1) is 0 Å². The summed E-state index contributed by atoms with van der Waals surface area (Å²) < 4.78 is 9.10. The van der Waals surface area contributed by atoms with Crippen molar-refractivity contribution in [3.8, 4) is 0 Å². The summed E-state index contributed by atoms with van der Waals surface area (Å²) in [7, 11) is -4.14. The number of rotatable bonds is 0. The van der Waals surface area contributed by atoms with E-state index in [1.807, 2.05) is 0 Å². The lowest BCUT2D eigenvalue weighted by Gasteiger charge is -1.88. The lowest BCUT2D eigenvalue weighted by Crippen LogP contribution is -1.87.